The molecule has 0 aliphatic carbocycles. The highest BCUT2D eigenvalue weighted by atomic mass is 35.5. The van der Waals surface area contributed by atoms with Gasteiger partial charge in [0.25, 0.3) is 0 Å². The molecular weight excluding hydrogens is 247 g/mol. The molecule has 0 unspecified atom stereocenters. The number of likely N-dealkylation sites (N-methyl/N-ethyl adjacent to an activating group) is 1. The van der Waals surface area contributed by atoms with E-state index in [1.807, 2.05) is 12.1 Å². The third kappa shape index (κ3) is 7.77. The number of hydrogen-bond acceptors (Lipinski definition) is 3. The summed E-state index contributed by atoms with van der Waals surface area (Å²) in [5, 5.41) is 12.5. The molecule has 0 saturated carbocycles. The minimum absolute atomic E-state index is 0. The van der Waals surface area contributed by atoms with E-state index >= 15 is 0 Å². The lowest BCUT2D eigenvalue weighted by Crippen LogP contribution is -2.26. The minimum atomic E-state index is 0. The van der Waals surface area contributed by atoms with Crippen LogP contribution in [-0.2, 0) is 6.54 Å². The smallest absolute Gasteiger partial charge is 0.115 e. The Balaban J connectivity index is 0. The molecule has 0 atom stereocenters. The monoisotopic (exact) mass is 266 g/mol. The van der Waals surface area contributed by atoms with E-state index in [4.69, 9.17) is 0 Å². The van der Waals surface area contributed by atoms with Crippen LogP contribution in [0.4, 0.5) is 0 Å². The lowest BCUT2D eigenvalue weighted by molar-refractivity contribution is 0.399. The summed E-state index contributed by atoms with van der Waals surface area (Å²) >= 11 is 0. The van der Waals surface area contributed by atoms with E-state index in [1.54, 1.807) is 12.1 Å². The van der Waals surface area contributed by atoms with Crippen LogP contribution in [0.1, 0.15) is 5.56 Å². The Hall–Kier alpha value is -0.480. The number of hydrogen-bond donors (Lipinski definition) is 2. The molecule has 3 nitrogen and oxygen atoms in total. The normalized spacial score (nSPS) is 9.44. The predicted molar refractivity (Wildman–Crippen MR) is 72.9 cm³/mol. The fraction of sp³-hybridized carbons (Fsp3) is 0.455. The van der Waals surface area contributed by atoms with Crippen LogP contribution in [0.5, 0.6) is 5.75 Å². The molecule has 0 aliphatic rings. The molecule has 5 heteroatoms. The molecule has 0 spiro atoms. The third-order valence-corrected chi connectivity index (χ3v) is 1.98. The molecule has 94 valence electrons. The molecule has 0 heterocycles. The van der Waals surface area contributed by atoms with E-state index in [0.717, 1.165) is 25.2 Å². The first-order valence-electron chi connectivity index (χ1n) is 4.82. The maximum atomic E-state index is 9.22. The van der Waals surface area contributed by atoms with E-state index in [2.05, 4.69) is 24.3 Å². The zero-order valence-electron chi connectivity index (χ0n) is 9.64. The third-order valence-electron chi connectivity index (χ3n) is 1.98. The van der Waals surface area contributed by atoms with E-state index < -0.39 is 0 Å². The number of nitrogens with one attached hydrogen (secondary N) is 1. The Labute approximate surface area is 110 Å². The highest BCUT2D eigenvalue weighted by Gasteiger charge is 1.94. The number of nitrogens with zero attached hydrogens (tertiary/aromatic N) is 1. The Bertz CT molecular complexity index is 282. The molecule has 16 heavy (non-hydrogen) atoms. The minimum Gasteiger partial charge on any atom is -0.508 e. The van der Waals surface area contributed by atoms with Gasteiger partial charge in [0.2, 0.25) is 0 Å². The van der Waals surface area contributed by atoms with Gasteiger partial charge < -0.3 is 15.3 Å². The summed E-state index contributed by atoms with van der Waals surface area (Å²) in [4.78, 5) is 2.13. The van der Waals surface area contributed by atoms with Gasteiger partial charge in [0.05, 0.1) is 0 Å². The van der Waals surface area contributed by atoms with Gasteiger partial charge in [-0.25, -0.2) is 0 Å². The quantitative estimate of drug-likeness (QED) is 0.800. The summed E-state index contributed by atoms with van der Waals surface area (Å²) in [6.07, 6.45) is 0. The Morgan fingerprint density at radius 3 is 2.50 bits per heavy atom. The number of phenols is 1. The van der Waals surface area contributed by atoms with Gasteiger partial charge in [0, 0.05) is 19.6 Å². The second-order valence-corrected chi connectivity index (χ2v) is 3.65. The maximum Gasteiger partial charge on any atom is 0.115 e. The fourth-order valence-corrected chi connectivity index (χ4v) is 1.20. The Morgan fingerprint density at radius 2 is 1.94 bits per heavy atom. The van der Waals surface area contributed by atoms with Crippen molar-refractivity contribution < 1.29 is 5.11 Å². The average Bonchev–Trinajstić information content (AvgIpc) is 2.12. The maximum absolute atomic E-state index is 9.22. The topological polar surface area (TPSA) is 35.5 Å². The summed E-state index contributed by atoms with van der Waals surface area (Å²) in [6, 6.07) is 7.33. The number of rotatable bonds is 5. The highest BCUT2D eigenvalue weighted by molar-refractivity contribution is 5.85. The van der Waals surface area contributed by atoms with Crippen LogP contribution in [0.15, 0.2) is 24.3 Å². The zero-order chi connectivity index (χ0) is 10.4. The number of benzene rings is 1. The van der Waals surface area contributed by atoms with Crippen LogP contribution >= 0.6 is 24.8 Å². The predicted octanol–water partition coefficient (Wildman–Crippen LogP) is 1.89. The van der Waals surface area contributed by atoms with E-state index in [-0.39, 0.29) is 24.8 Å². The first-order chi connectivity index (χ1) is 6.68. The van der Waals surface area contributed by atoms with Gasteiger partial charge in [0.15, 0.2) is 0 Å². The summed E-state index contributed by atoms with van der Waals surface area (Å²) in [5.41, 5.74) is 1.11. The van der Waals surface area contributed by atoms with Gasteiger partial charge in [-0.3, -0.25) is 0 Å². The highest BCUT2D eigenvalue weighted by Crippen LogP contribution is 2.10. The van der Waals surface area contributed by atoms with Gasteiger partial charge in [-0.15, -0.1) is 24.8 Å². The SMILES string of the molecule is CN(C)CCNCc1cccc(O)c1.Cl.Cl. The fourth-order valence-electron chi connectivity index (χ4n) is 1.20. The van der Waals surface area contributed by atoms with Gasteiger partial charge in [0.1, 0.15) is 5.75 Å². The van der Waals surface area contributed by atoms with Crippen LogP contribution in [0.2, 0.25) is 0 Å². The summed E-state index contributed by atoms with van der Waals surface area (Å²) in [5.74, 6) is 0.330. The molecule has 0 bridgehead atoms. The van der Waals surface area contributed by atoms with Crippen molar-refractivity contribution in [1.82, 2.24) is 10.2 Å². The van der Waals surface area contributed by atoms with E-state index in [1.165, 1.54) is 0 Å². The molecule has 1 rings (SSSR count). The lowest BCUT2D eigenvalue weighted by Gasteiger charge is -2.10. The van der Waals surface area contributed by atoms with E-state index in [9.17, 15) is 5.11 Å². The number of aromatic hydroxyl groups is 1. The van der Waals surface area contributed by atoms with Gasteiger partial charge in [-0.2, -0.15) is 0 Å². The van der Waals surface area contributed by atoms with Gasteiger partial charge in [-0.05, 0) is 31.8 Å². The Morgan fingerprint density at radius 1 is 1.25 bits per heavy atom. The molecule has 0 aromatic heterocycles. The first-order valence-corrected chi connectivity index (χ1v) is 4.82. The second-order valence-electron chi connectivity index (χ2n) is 3.65. The van der Waals surface area contributed by atoms with Crippen LogP contribution in [0.25, 0.3) is 0 Å². The van der Waals surface area contributed by atoms with Crippen LogP contribution in [0, 0.1) is 0 Å². The standard InChI is InChI=1S/C11H18N2O.2ClH/c1-13(2)7-6-12-9-10-4-3-5-11(14)8-10;;/h3-5,8,12,14H,6-7,9H2,1-2H3;2*1H. The van der Waals surface area contributed by atoms with Crippen LogP contribution < -0.4 is 5.32 Å². The second kappa shape index (κ2) is 9.73. The molecule has 1 aromatic rings. The van der Waals surface area contributed by atoms with Crippen molar-refractivity contribution in [3.8, 4) is 5.75 Å². The zero-order valence-corrected chi connectivity index (χ0v) is 11.3. The summed E-state index contributed by atoms with van der Waals surface area (Å²) < 4.78 is 0. The largest absolute Gasteiger partial charge is 0.508 e. The molecule has 2 N–H and O–H groups in total. The van der Waals surface area contributed by atoms with Crippen molar-refractivity contribution in [2.24, 2.45) is 0 Å². The van der Waals surface area contributed by atoms with Crippen molar-refractivity contribution in [2.75, 3.05) is 27.2 Å². The summed E-state index contributed by atoms with van der Waals surface area (Å²) in [6.45, 7) is 2.80. The molecule has 0 saturated heterocycles. The van der Waals surface area contributed by atoms with Crippen molar-refractivity contribution in [3.63, 3.8) is 0 Å². The molecule has 1 aromatic carbocycles. The van der Waals surface area contributed by atoms with Gasteiger partial charge in [-0.1, -0.05) is 12.1 Å². The Kier molecular flexibility index (Phi) is 10.9. The average molecular weight is 267 g/mol. The molecule has 0 aliphatic heterocycles. The van der Waals surface area contributed by atoms with Crippen molar-refractivity contribution >= 4 is 24.8 Å². The van der Waals surface area contributed by atoms with Crippen LogP contribution in [0.3, 0.4) is 0 Å². The van der Waals surface area contributed by atoms with Crippen molar-refractivity contribution in [3.05, 3.63) is 29.8 Å². The van der Waals surface area contributed by atoms with E-state index in [0.29, 0.717) is 5.75 Å². The van der Waals surface area contributed by atoms with Gasteiger partial charge >= 0.3 is 0 Å². The van der Waals surface area contributed by atoms with Crippen LogP contribution in [-0.4, -0.2) is 37.2 Å². The number of halogens is 2. The molecular formula is C11H20Cl2N2O. The molecule has 0 radical (unpaired) electrons. The van der Waals surface area contributed by atoms with Crippen molar-refractivity contribution in [1.29, 1.82) is 0 Å². The lowest BCUT2D eigenvalue weighted by atomic mass is 10.2. The number of phenolic OH excluding ortho intramolecular Hbond substituents is 1. The first kappa shape index (κ1) is 17.9. The molecule has 0 amide bonds. The molecule has 0 fully saturated rings. The summed E-state index contributed by atoms with van der Waals surface area (Å²) in [7, 11) is 4.10. The van der Waals surface area contributed by atoms with Crippen molar-refractivity contribution in [2.45, 2.75) is 6.54 Å².